The lowest BCUT2D eigenvalue weighted by Gasteiger charge is -2.19. The van der Waals surface area contributed by atoms with Crippen LogP contribution in [0.2, 0.25) is 0 Å². The first-order chi connectivity index (χ1) is 9.69. The van der Waals surface area contributed by atoms with E-state index < -0.39 is 11.6 Å². The number of thioether (sulfide) groups is 1. The summed E-state index contributed by atoms with van der Waals surface area (Å²) < 4.78 is 26.3. The molecule has 1 aliphatic carbocycles. The number of benzene rings is 2. The topological polar surface area (TPSA) is 12.0 Å². The maximum absolute atomic E-state index is 13.3. The van der Waals surface area contributed by atoms with E-state index in [4.69, 9.17) is 0 Å². The molecule has 4 heteroatoms. The van der Waals surface area contributed by atoms with Crippen molar-refractivity contribution in [3.63, 3.8) is 0 Å². The molecular weight excluding hydrogens is 276 g/mol. The molecule has 1 N–H and O–H groups in total. The molecule has 20 heavy (non-hydrogen) atoms. The molecule has 0 heterocycles. The Morgan fingerprint density at radius 1 is 1.10 bits per heavy atom. The van der Waals surface area contributed by atoms with Crippen molar-refractivity contribution in [2.45, 2.75) is 22.6 Å². The summed E-state index contributed by atoms with van der Waals surface area (Å²) in [6.45, 7) is 0. The Morgan fingerprint density at radius 2 is 1.90 bits per heavy atom. The summed E-state index contributed by atoms with van der Waals surface area (Å²) in [5.74, 6) is -1.58. The number of hydrogen-bond acceptors (Lipinski definition) is 2. The first-order valence-electron chi connectivity index (χ1n) is 6.56. The molecule has 2 aromatic carbocycles. The number of fused-ring (bicyclic) bond motifs is 1. The molecule has 0 amide bonds. The summed E-state index contributed by atoms with van der Waals surface area (Å²) in [5, 5.41) is 3.62. The molecule has 2 aromatic rings. The van der Waals surface area contributed by atoms with Crippen LogP contribution in [0.15, 0.2) is 47.4 Å². The minimum atomic E-state index is -0.797. The van der Waals surface area contributed by atoms with E-state index in [0.29, 0.717) is 5.25 Å². The van der Waals surface area contributed by atoms with Crippen molar-refractivity contribution in [2.75, 3.05) is 7.05 Å². The molecule has 0 saturated carbocycles. The fourth-order valence-electron chi connectivity index (χ4n) is 2.73. The largest absolute Gasteiger partial charge is 0.312 e. The van der Waals surface area contributed by atoms with Gasteiger partial charge in [0.2, 0.25) is 0 Å². The van der Waals surface area contributed by atoms with E-state index in [1.165, 1.54) is 23.3 Å². The molecule has 1 aliphatic rings. The smallest absolute Gasteiger partial charge is 0.159 e. The minimum Gasteiger partial charge on any atom is -0.312 e. The Bertz CT molecular complexity index is 630. The van der Waals surface area contributed by atoms with E-state index in [1.807, 2.05) is 19.2 Å². The third-order valence-electron chi connectivity index (χ3n) is 3.67. The minimum absolute atomic E-state index is 0.240. The SMILES string of the molecule is CNC1c2ccccc2CC1Sc1ccc(F)c(F)c1. The third-order valence-corrected chi connectivity index (χ3v) is 4.94. The van der Waals surface area contributed by atoms with Crippen LogP contribution in [0.25, 0.3) is 0 Å². The summed E-state index contributed by atoms with van der Waals surface area (Å²) in [5.41, 5.74) is 2.63. The maximum atomic E-state index is 13.3. The molecule has 0 bridgehead atoms. The van der Waals surface area contributed by atoms with Gasteiger partial charge >= 0.3 is 0 Å². The van der Waals surface area contributed by atoms with E-state index in [-0.39, 0.29) is 6.04 Å². The summed E-state index contributed by atoms with van der Waals surface area (Å²) in [4.78, 5) is 0.766. The van der Waals surface area contributed by atoms with Crippen LogP contribution in [0, 0.1) is 11.6 Å². The van der Waals surface area contributed by atoms with Crippen LogP contribution in [-0.2, 0) is 6.42 Å². The van der Waals surface area contributed by atoms with Gasteiger partial charge in [-0.25, -0.2) is 8.78 Å². The lowest BCUT2D eigenvalue weighted by molar-refractivity contribution is 0.505. The second kappa shape index (κ2) is 5.54. The predicted octanol–water partition coefficient (Wildman–Crippen LogP) is 3.94. The second-order valence-corrected chi connectivity index (χ2v) is 6.21. The highest BCUT2D eigenvalue weighted by atomic mass is 32.2. The van der Waals surface area contributed by atoms with Gasteiger partial charge in [-0.05, 0) is 42.8 Å². The van der Waals surface area contributed by atoms with Crippen LogP contribution in [0.4, 0.5) is 8.78 Å². The fourth-order valence-corrected chi connectivity index (χ4v) is 4.08. The van der Waals surface area contributed by atoms with Gasteiger partial charge in [0, 0.05) is 16.2 Å². The Labute approximate surface area is 121 Å². The Kier molecular flexibility index (Phi) is 3.76. The lowest BCUT2D eigenvalue weighted by Crippen LogP contribution is -2.23. The van der Waals surface area contributed by atoms with Crippen molar-refractivity contribution in [3.05, 3.63) is 65.2 Å². The first kappa shape index (κ1) is 13.6. The predicted molar refractivity (Wildman–Crippen MR) is 77.9 cm³/mol. The van der Waals surface area contributed by atoms with Gasteiger partial charge in [0.15, 0.2) is 11.6 Å². The van der Waals surface area contributed by atoms with Crippen molar-refractivity contribution < 1.29 is 8.78 Å². The van der Waals surface area contributed by atoms with Crippen molar-refractivity contribution in [1.82, 2.24) is 5.32 Å². The van der Waals surface area contributed by atoms with Gasteiger partial charge in [-0.3, -0.25) is 0 Å². The zero-order valence-electron chi connectivity index (χ0n) is 11.1. The quantitative estimate of drug-likeness (QED) is 0.919. The number of halogens is 2. The summed E-state index contributed by atoms with van der Waals surface area (Å²) in [7, 11) is 1.94. The van der Waals surface area contributed by atoms with Crippen LogP contribution < -0.4 is 5.32 Å². The van der Waals surface area contributed by atoms with Gasteiger partial charge in [-0.1, -0.05) is 24.3 Å². The fraction of sp³-hybridized carbons (Fsp3) is 0.250. The molecule has 1 nitrogen and oxygen atoms in total. The van der Waals surface area contributed by atoms with Crippen LogP contribution in [0.5, 0.6) is 0 Å². The Balaban J connectivity index is 1.83. The van der Waals surface area contributed by atoms with E-state index >= 15 is 0 Å². The summed E-state index contributed by atoms with van der Waals surface area (Å²) >= 11 is 1.59. The Morgan fingerprint density at radius 3 is 2.65 bits per heavy atom. The van der Waals surface area contributed by atoms with Crippen molar-refractivity contribution in [3.8, 4) is 0 Å². The van der Waals surface area contributed by atoms with E-state index in [2.05, 4.69) is 17.4 Å². The monoisotopic (exact) mass is 291 g/mol. The van der Waals surface area contributed by atoms with Gasteiger partial charge in [0.05, 0.1) is 0 Å². The molecule has 3 rings (SSSR count). The molecule has 0 radical (unpaired) electrons. The van der Waals surface area contributed by atoms with Gasteiger partial charge in [0.25, 0.3) is 0 Å². The lowest BCUT2D eigenvalue weighted by atomic mass is 10.1. The normalized spacial score (nSPS) is 20.9. The molecule has 2 unspecified atom stereocenters. The van der Waals surface area contributed by atoms with Crippen molar-refractivity contribution in [2.24, 2.45) is 0 Å². The van der Waals surface area contributed by atoms with Gasteiger partial charge in [-0.15, -0.1) is 11.8 Å². The molecular formula is C16H15F2NS. The highest BCUT2D eigenvalue weighted by Crippen LogP contribution is 2.41. The van der Waals surface area contributed by atoms with E-state index in [9.17, 15) is 8.78 Å². The number of hydrogen-bond donors (Lipinski definition) is 1. The van der Waals surface area contributed by atoms with Crippen LogP contribution in [0.1, 0.15) is 17.2 Å². The average molecular weight is 291 g/mol. The maximum Gasteiger partial charge on any atom is 0.159 e. The Hall–Kier alpha value is -1.39. The highest BCUT2D eigenvalue weighted by molar-refractivity contribution is 8.00. The van der Waals surface area contributed by atoms with Gasteiger partial charge in [0.1, 0.15) is 0 Å². The van der Waals surface area contributed by atoms with E-state index in [0.717, 1.165) is 11.3 Å². The van der Waals surface area contributed by atoms with Crippen LogP contribution in [0.3, 0.4) is 0 Å². The molecule has 0 fully saturated rings. The van der Waals surface area contributed by atoms with Crippen molar-refractivity contribution >= 4 is 11.8 Å². The summed E-state index contributed by atoms with van der Waals surface area (Å²) in [6, 6.07) is 12.7. The third kappa shape index (κ3) is 2.45. The molecule has 0 spiro atoms. The zero-order chi connectivity index (χ0) is 14.1. The molecule has 0 saturated heterocycles. The standard InChI is InChI=1S/C16H15F2NS/c1-19-16-12-5-3-2-4-10(12)8-15(16)20-11-6-7-13(17)14(18)9-11/h2-7,9,15-16,19H,8H2,1H3. The summed E-state index contributed by atoms with van der Waals surface area (Å²) in [6.07, 6.45) is 0.936. The highest BCUT2D eigenvalue weighted by Gasteiger charge is 2.31. The molecule has 0 aromatic heterocycles. The van der Waals surface area contributed by atoms with Crippen LogP contribution >= 0.6 is 11.8 Å². The molecule has 0 aliphatic heterocycles. The molecule has 104 valence electrons. The van der Waals surface area contributed by atoms with Crippen molar-refractivity contribution in [1.29, 1.82) is 0 Å². The second-order valence-electron chi connectivity index (χ2n) is 4.90. The average Bonchev–Trinajstić information content (AvgIpc) is 2.80. The first-order valence-corrected chi connectivity index (χ1v) is 7.44. The van der Waals surface area contributed by atoms with Gasteiger partial charge in [-0.2, -0.15) is 0 Å². The van der Waals surface area contributed by atoms with Crippen LogP contribution in [-0.4, -0.2) is 12.3 Å². The van der Waals surface area contributed by atoms with Gasteiger partial charge < -0.3 is 5.32 Å². The zero-order valence-corrected chi connectivity index (χ0v) is 11.9. The molecule has 2 atom stereocenters. The number of nitrogens with one attached hydrogen (secondary N) is 1. The van der Waals surface area contributed by atoms with E-state index in [1.54, 1.807) is 17.8 Å². The number of rotatable bonds is 3.